The first-order chi connectivity index (χ1) is 30.0. The van der Waals surface area contributed by atoms with Gasteiger partial charge in [0.2, 0.25) is 0 Å². The van der Waals surface area contributed by atoms with E-state index < -0.39 is 26.5 Å². The van der Waals surface area contributed by atoms with Gasteiger partial charge in [-0.05, 0) is 64.2 Å². The van der Waals surface area contributed by atoms with Crippen molar-refractivity contribution < 1.29 is 42.1 Å². The minimum absolute atomic E-state index is 0.0300. The van der Waals surface area contributed by atoms with Crippen LogP contribution in [0.2, 0.25) is 0 Å². The van der Waals surface area contributed by atoms with Gasteiger partial charge in [0.15, 0.2) is 6.10 Å². The van der Waals surface area contributed by atoms with Crippen LogP contribution < -0.4 is 4.89 Å². The lowest BCUT2D eigenvalue weighted by Crippen LogP contribution is -2.37. The first-order valence-corrected chi connectivity index (χ1v) is 27.5. The first-order valence-electron chi connectivity index (χ1n) is 26.0. The van der Waals surface area contributed by atoms with Crippen molar-refractivity contribution in [3.63, 3.8) is 0 Å². The van der Waals surface area contributed by atoms with Crippen molar-refractivity contribution in [3.05, 3.63) is 24.3 Å². The van der Waals surface area contributed by atoms with E-state index in [1.807, 2.05) is 21.1 Å². The molecule has 1 unspecified atom stereocenters. The van der Waals surface area contributed by atoms with Gasteiger partial charge in [0.1, 0.15) is 19.8 Å². The van der Waals surface area contributed by atoms with Crippen molar-refractivity contribution in [2.45, 2.75) is 251 Å². The van der Waals surface area contributed by atoms with E-state index in [9.17, 15) is 19.0 Å². The molecule has 0 saturated carbocycles. The highest BCUT2D eigenvalue weighted by molar-refractivity contribution is 7.45. The van der Waals surface area contributed by atoms with Crippen molar-refractivity contribution in [2.75, 3.05) is 47.5 Å². The fourth-order valence-electron chi connectivity index (χ4n) is 7.35. The lowest BCUT2D eigenvalue weighted by atomic mass is 10.0. The number of quaternary nitrogens is 1. The summed E-state index contributed by atoms with van der Waals surface area (Å²) in [7, 11) is 1.17. The van der Waals surface area contributed by atoms with Crippen LogP contribution in [-0.2, 0) is 32.7 Å². The maximum atomic E-state index is 12.7. The van der Waals surface area contributed by atoms with Crippen LogP contribution in [0.15, 0.2) is 24.3 Å². The number of carbonyl (C=O) groups excluding carboxylic acids is 2. The summed E-state index contributed by atoms with van der Waals surface area (Å²) in [5.74, 6) is -0.830. The zero-order valence-corrected chi connectivity index (χ0v) is 42.2. The largest absolute Gasteiger partial charge is 0.756 e. The molecule has 0 fully saturated rings. The maximum absolute atomic E-state index is 12.7. The van der Waals surface area contributed by atoms with E-state index in [0.29, 0.717) is 17.4 Å². The summed E-state index contributed by atoms with van der Waals surface area (Å²) in [6.07, 6.45) is 50.6. The van der Waals surface area contributed by atoms with Crippen molar-refractivity contribution in [2.24, 2.45) is 0 Å². The number of carbonyl (C=O) groups is 2. The fraction of sp³-hybridized carbons (Fsp3) is 0.885. The summed E-state index contributed by atoms with van der Waals surface area (Å²) in [6.45, 7) is 4.25. The Morgan fingerprint density at radius 2 is 0.823 bits per heavy atom. The molecule has 0 N–H and O–H groups in total. The van der Waals surface area contributed by atoms with Gasteiger partial charge in [-0.3, -0.25) is 14.2 Å². The summed E-state index contributed by atoms with van der Waals surface area (Å²) in [6, 6.07) is 0. The molecule has 0 aromatic heterocycles. The maximum Gasteiger partial charge on any atom is 0.306 e. The molecule has 0 aliphatic carbocycles. The van der Waals surface area contributed by atoms with Crippen LogP contribution in [0, 0.1) is 0 Å². The highest BCUT2D eigenvalue weighted by Gasteiger charge is 2.21. The molecule has 0 radical (unpaired) electrons. The number of likely N-dealkylation sites (N-methyl/N-ethyl adjacent to an activating group) is 1. The van der Waals surface area contributed by atoms with Crippen LogP contribution >= 0.6 is 7.82 Å². The molecular formula is C52H100NO8P. The molecule has 2 atom stereocenters. The fourth-order valence-corrected chi connectivity index (χ4v) is 8.08. The molecule has 0 heterocycles. The monoisotopic (exact) mass is 898 g/mol. The molecule has 0 spiro atoms. The van der Waals surface area contributed by atoms with E-state index >= 15 is 0 Å². The van der Waals surface area contributed by atoms with Crippen LogP contribution in [0.3, 0.4) is 0 Å². The number of phosphoric ester groups is 1. The van der Waals surface area contributed by atoms with Gasteiger partial charge in [-0.25, -0.2) is 0 Å². The van der Waals surface area contributed by atoms with Crippen molar-refractivity contribution in [3.8, 4) is 0 Å². The van der Waals surface area contributed by atoms with Gasteiger partial charge >= 0.3 is 11.9 Å². The molecular weight excluding hydrogens is 798 g/mol. The van der Waals surface area contributed by atoms with Gasteiger partial charge in [-0.1, -0.05) is 192 Å². The van der Waals surface area contributed by atoms with E-state index in [2.05, 4.69) is 38.2 Å². The molecule has 0 bridgehead atoms. The third kappa shape index (κ3) is 48.0. The number of esters is 2. The molecule has 0 aliphatic rings. The third-order valence-electron chi connectivity index (χ3n) is 11.4. The molecule has 9 nitrogen and oxygen atoms in total. The van der Waals surface area contributed by atoms with Gasteiger partial charge in [-0.2, -0.15) is 0 Å². The molecule has 0 rings (SSSR count). The molecule has 0 saturated heterocycles. The van der Waals surface area contributed by atoms with Gasteiger partial charge in [0.25, 0.3) is 7.82 Å². The van der Waals surface area contributed by atoms with Gasteiger partial charge in [-0.15, -0.1) is 0 Å². The van der Waals surface area contributed by atoms with E-state index in [0.717, 1.165) is 44.9 Å². The van der Waals surface area contributed by atoms with Crippen LogP contribution in [-0.4, -0.2) is 70.0 Å². The zero-order valence-electron chi connectivity index (χ0n) is 41.3. The Morgan fingerprint density at radius 1 is 0.484 bits per heavy atom. The third-order valence-corrected chi connectivity index (χ3v) is 12.4. The highest BCUT2D eigenvalue weighted by atomic mass is 31.2. The Hall–Kier alpha value is -1.51. The van der Waals surface area contributed by atoms with Crippen LogP contribution in [0.4, 0.5) is 0 Å². The summed E-state index contributed by atoms with van der Waals surface area (Å²) in [5.41, 5.74) is 0. The topological polar surface area (TPSA) is 111 Å². The molecule has 62 heavy (non-hydrogen) atoms. The molecule has 0 amide bonds. The van der Waals surface area contributed by atoms with Crippen LogP contribution in [0.5, 0.6) is 0 Å². The Morgan fingerprint density at radius 3 is 1.19 bits per heavy atom. The number of hydrogen-bond donors (Lipinski definition) is 0. The number of allylic oxidation sites excluding steroid dienone is 4. The zero-order chi connectivity index (χ0) is 45.7. The van der Waals surface area contributed by atoms with Gasteiger partial charge < -0.3 is 27.9 Å². The molecule has 10 heteroatoms. The second-order valence-corrected chi connectivity index (χ2v) is 20.3. The van der Waals surface area contributed by atoms with E-state index in [-0.39, 0.29) is 32.0 Å². The van der Waals surface area contributed by atoms with E-state index in [1.54, 1.807) is 0 Å². The second-order valence-electron chi connectivity index (χ2n) is 18.9. The number of nitrogens with zero attached hydrogens (tertiary/aromatic N) is 1. The van der Waals surface area contributed by atoms with Crippen molar-refractivity contribution >= 4 is 19.8 Å². The minimum Gasteiger partial charge on any atom is -0.756 e. The molecule has 0 aromatic rings. The van der Waals surface area contributed by atoms with Crippen LogP contribution in [0.25, 0.3) is 0 Å². The average Bonchev–Trinajstić information content (AvgIpc) is 3.23. The van der Waals surface area contributed by atoms with E-state index in [4.69, 9.17) is 18.5 Å². The molecule has 0 aromatic carbocycles. The number of phosphoric acid groups is 1. The Balaban J connectivity index is 4.22. The van der Waals surface area contributed by atoms with Crippen molar-refractivity contribution in [1.82, 2.24) is 0 Å². The predicted molar refractivity (Wildman–Crippen MR) is 259 cm³/mol. The first kappa shape index (κ1) is 60.5. The summed E-state index contributed by atoms with van der Waals surface area (Å²) in [4.78, 5) is 37.7. The normalized spacial score (nSPS) is 13.6. The smallest absolute Gasteiger partial charge is 0.306 e. The second kappa shape index (κ2) is 44.7. The lowest BCUT2D eigenvalue weighted by molar-refractivity contribution is -0.870. The number of rotatable bonds is 48. The van der Waals surface area contributed by atoms with Gasteiger partial charge in [0, 0.05) is 12.8 Å². The van der Waals surface area contributed by atoms with Crippen LogP contribution in [0.1, 0.15) is 245 Å². The Kier molecular flexibility index (Phi) is 43.6. The van der Waals surface area contributed by atoms with E-state index in [1.165, 1.54) is 167 Å². The molecule has 366 valence electrons. The SMILES string of the molecule is CCCCCCCC/C=C/CCCCCCCCCCCCCC(=O)OC[C@H](COP(=O)([O-])OCC[N+](C)(C)C)OC(=O)CCCCCCCCC/C=C/CCCCCCCC. The number of unbranched alkanes of at least 4 members (excludes halogenated alkanes) is 30. The highest BCUT2D eigenvalue weighted by Crippen LogP contribution is 2.38. The summed E-state index contributed by atoms with van der Waals surface area (Å²) < 4.78 is 34.1. The Bertz CT molecular complexity index is 1110. The standard InChI is InChI=1S/C52H100NO8P/c1-6-8-10-12-14-16-18-20-22-24-25-26-27-29-30-32-34-36-38-40-42-44-51(54)58-48-50(49-60-62(56,57)59-47-46-53(3,4)5)61-52(55)45-43-41-39-37-35-33-31-28-23-21-19-17-15-13-11-9-7-2/h20-23,50H,6-19,24-49H2,1-5H3/b22-20+,23-21+/t50-/m1/s1. The quantitative estimate of drug-likeness (QED) is 0.0195. The summed E-state index contributed by atoms with van der Waals surface area (Å²) >= 11 is 0. The average molecular weight is 898 g/mol. The lowest BCUT2D eigenvalue weighted by Gasteiger charge is -2.28. The number of hydrogen-bond acceptors (Lipinski definition) is 8. The minimum atomic E-state index is -4.63. The predicted octanol–water partition coefficient (Wildman–Crippen LogP) is 14.8. The summed E-state index contributed by atoms with van der Waals surface area (Å²) in [5, 5.41) is 0. The van der Waals surface area contributed by atoms with Gasteiger partial charge in [0.05, 0.1) is 27.7 Å². The Labute approximate surface area is 383 Å². The molecule has 0 aliphatic heterocycles. The number of ether oxygens (including phenoxy) is 2. The van der Waals surface area contributed by atoms with Crippen molar-refractivity contribution in [1.29, 1.82) is 0 Å².